The Balaban J connectivity index is 3.03. The smallest absolute Gasteiger partial charge is 0.239 e. The molecule has 0 radical (unpaired) electrons. The van der Waals surface area contributed by atoms with E-state index in [0.29, 0.717) is 0 Å². The summed E-state index contributed by atoms with van der Waals surface area (Å²) in [4.78, 5) is 15.1. The lowest BCUT2D eigenvalue weighted by Crippen LogP contribution is -2.33. The largest absolute Gasteiger partial charge is 0.322 e. The Morgan fingerprint density at radius 1 is 1.56 bits per heavy atom. The molecular formula is C11H13F2N3OS. The fourth-order valence-electron chi connectivity index (χ4n) is 1.28. The summed E-state index contributed by atoms with van der Waals surface area (Å²) in [5.74, 6) is -0.943. The van der Waals surface area contributed by atoms with Gasteiger partial charge >= 0.3 is 0 Å². The van der Waals surface area contributed by atoms with E-state index in [-0.39, 0.29) is 28.5 Å². The van der Waals surface area contributed by atoms with Crippen LogP contribution >= 0.6 is 12.6 Å². The number of nitrogens with one attached hydrogen (secondary N) is 1. The van der Waals surface area contributed by atoms with Crippen LogP contribution in [0.4, 0.5) is 14.5 Å². The summed E-state index contributed by atoms with van der Waals surface area (Å²) >= 11 is 4.03. The number of benzene rings is 1. The molecule has 0 saturated heterocycles. The van der Waals surface area contributed by atoms with Crippen molar-refractivity contribution in [3.05, 3.63) is 23.5 Å². The first-order chi connectivity index (χ1) is 8.47. The molecule has 0 unspecified atom stereocenters. The first-order valence-corrected chi connectivity index (χ1v) is 5.55. The van der Waals surface area contributed by atoms with Gasteiger partial charge in [-0.15, -0.1) is 12.6 Å². The van der Waals surface area contributed by atoms with E-state index in [4.69, 9.17) is 5.73 Å². The molecule has 1 aromatic carbocycles. The van der Waals surface area contributed by atoms with Crippen LogP contribution in [0.15, 0.2) is 22.0 Å². The molecule has 3 N–H and O–H groups in total. The number of hydrogen-bond donors (Lipinski definition) is 3. The van der Waals surface area contributed by atoms with E-state index in [1.165, 1.54) is 13.0 Å². The second-order valence-electron chi connectivity index (χ2n) is 3.53. The molecule has 0 spiro atoms. The lowest BCUT2D eigenvalue weighted by Gasteiger charge is -2.06. The van der Waals surface area contributed by atoms with Gasteiger partial charge in [0.25, 0.3) is 0 Å². The maximum atomic E-state index is 13.6. The number of nitrogens with zero attached hydrogens (tertiary/aromatic N) is 1. The summed E-state index contributed by atoms with van der Waals surface area (Å²) < 4.78 is 26.0. The Labute approximate surface area is 109 Å². The second kappa shape index (κ2) is 6.46. The number of alkyl halides is 1. The van der Waals surface area contributed by atoms with Crippen LogP contribution < -0.4 is 11.1 Å². The van der Waals surface area contributed by atoms with Crippen LogP contribution in [-0.4, -0.2) is 18.3 Å². The highest BCUT2D eigenvalue weighted by molar-refractivity contribution is 7.80. The molecule has 0 heterocycles. The molecule has 0 bridgehead atoms. The average molecular weight is 273 g/mol. The van der Waals surface area contributed by atoms with E-state index >= 15 is 0 Å². The van der Waals surface area contributed by atoms with Gasteiger partial charge in [0, 0.05) is 4.90 Å². The molecule has 0 atom stereocenters. The van der Waals surface area contributed by atoms with E-state index in [2.05, 4.69) is 22.9 Å². The van der Waals surface area contributed by atoms with Gasteiger partial charge in [-0.05, 0) is 24.6 Å². The molecule has 1 amide bonds. The normalized spacial score (nSPS) is 11.5. The molecule has 0 saturated carbocycles. The van der Waals surface area contributed by atoms with Crippen molar-refractivity contribution in [3.63, 3.8) is 0 Å². The predicted molar refractivity (Wildman–Crippen MR) is 68.4 cm³/mol. The van der Waals surface area contributed by atoms with Crippen molar-refractivity contribution >= 4 is 30.1 Å². The number of aliphatic imine (C=N–C) groups is 1. The zero-order chi connectivity index (χ0) is 13.7. The minimum absolute atomic E-state index is 0.0506. The van der Waals surface area contributed by atoms with Crippen LogP contribution in [0.25, 0.3) is 0 Å². The Kier molecular flexibility index (Phi) is 5.24. The lowest BCUT2D eigenvalue weighted by atomic mass is 10.2. The minimum Gasteiger partial charge on any atom is -0.322 e. The number of carbonyl (C=O) groups excluding carboxylic acids is 1. The highest BCUT2D eigenvalue weighted by Gasteiger charge is 2.09. The fraction of sp³-hybridized carbons (Fsp3) is 0.273. The van der Waals surface area contributed by atoms with Crippen molar-refractivity contribution in [2.75, 3.05) is 6.54 Å². The summed E-state index contributed by atoms with van der Waals surface area (Å²) in [5.41, 5.74) is 5.24. The average Bonchev–Trinajstić information content (AvgIpc) is 2.33. The number of amidine groups is 1. The molecule has 7 heteroatoms. The molecule has 0 aliphatic carbocycles. The highest BCUT2D eigenvalue weighted by Crippen LogP contribution is 2.28. The SMILES string of the molecule is CC(=Nc1c(F)cc(CF)cc1S)NC(=O)CN. The first-order valence-electron chi connectivity index (χ1n) is 5.10. The number of carbonyl (C=O) groups is 1. The summed E-state index contributed by atoms with van der Waals surface area (Å²) in [7, 11) is 0. The van der Waals surface area contributed by atoms with Gasteiger partial charge in [-0.3, -0.25) is 4.79 Å². The number of thiol groups is 1. The molecule has 0 aliphatic heterocycles. The number of nitrogens with two attached hydrogens (primary N) is 1. The maximum absolute atomic E-state index is 13.6. The Hall–Kier alpha value is -1.47. The monoisotopic (exact) mass is 273 g/mol. The Morgan fingerprint density at radius 2 is 2.22 bits per heavy atom. The van der Waals surface area contributed by atoms with Crippen LogP contribution in [0.3, 0.4) is 0 Å². The first kappa shape index (κ1) is 14.6. The van der Waals surface area contributed by atoms with Crippen molar-refractivity contribution < 1.29 is 13.6 Å². The third-order valence-corrected chi connectivity index (χ3v) is 2.38. The summed E-state index contributed by atoms with van der Waals surface area (Å²) in [6, 6.07) is 2.42. The van der Waals surface area contributed by atoms with Crippen molar-refractivity contribution in [2.24, 2.45) is 10.7 Å². The standard InChI is InChI=1S/C11H13F2N3OS/c1-6(15-10(17)5-14)16-11-8(13)2-7(4-12)3-9(11)18/h2-3,18H,4-5,14H2,1H3,(H,15,16,17). The molecule has 0 aromatic heterocycles. The van der Waals surface area contributed by atoms with Crippen LogP contribution in [0.2, 0.25) is 0 Å². The van der Waals surface area contributed by atoms with Gasteiger partial charge in [-0.25, -0.2) is 13.8 Å². The second-order valence-corrected chi connectivity index (χ2v) is 4.01. The van der Waals surface area contributed by atoms with Gasteiger partial charge in [-0.2, -0.15) is 0 Å². The zero-order valence-electron chi connectivity index (χ0n) is 9.70. The molecule has 98 valence electrons. The van der Waals surface area contributed by atoms with E-state index in [0.717, 1.165) is 6.07 Å². The molecular weight excluding hydrogens is 260 g/mol. The maximum Gasteiger partial charge on any atom is 0.239 e. The summed E-state index contributed by atoms with van der Waals surface area (Å²) in [6.07, 6.45) is 0. The zero-order valence-corrected chi connectivity index (χ0v) is 10.6. The van der Waals surface area contributed by atoms with Crippen molar-refractivity contribution in [2.45, 2.75) is 18.5 Å². The van der Waals surface area contributed by atoms with E-state index < -0.39 is 18.4 Å². The predicted octanol–water partition coefficient (Wildman–Crippen LogP) is 1.71. The molecule has 0 aliphatic rings. The third kappa shape index (κ3) is 3.78. The number of amides is 1. The van der Waals surface area contributed by atoms with Gasteiger partial charge < -0.3 is 11.1 Å². The molecule has 0 fully saturated rings. The van der Waals surface area contributed by atoms with Crippen molar-refractivity contribution in [3.8, 4) is 0 Å². The fourth-order valence-corrected chi connectivity index (χ4v) is 1.60. The minimum atomic E-state index is -0.780. The van der Waals surface area contributed by atoms with E-state index in [1.807, 2.05) is 0 Å². The number of halogens is 2. The van der Waals surface area contributed by atoms with E-state index in [9.17, 15) is 13.6 Å². The molecule has 4 nitrogen and oxygen atoms in total. The quantitative estimate of drug-likeness (QED) is 0.446. The highest BCUT2D eigenvalue weighted by atomic mass is 32.1. The van der Waals surface area contributed by atoms with Gasteiger partial charge in [0.05, 0.1) is 6.54 Å². The summed E-state index contributed by atoms with van der Waals surface area (Å²) in [5, 5.41) is 2.37. The number of hydrogen-bond acceptors (Lipinski definition) is 4. The van der Waals surface area contributed by atoms with Crippen molar-refractivity contribution in [1.82, 2.24) is 5.32 Å². The van der Waals surface area contributed by atoms with Crippen LogP contribution in [0.5, 0.6) is 0 Å². The Morgan fingerprint density at radius 3 is 2.72 bits per heavy atom. The van der Waals surface area contributed by atoms with Gasteiger partial charge in [-0.1, -0.05) is 0 Å². The summed E-state index contributed by atoms with van der Waals surface area (Å²) in [6.45, 7) is 0.518. The van der Waals surface area contributed by atoms with Gasteiger partial charge in [0.1, 0.15) is 24.0 Å². The van der Waals surface area contributed by atoms with Crippen LogP contribution in [0.1, 0.15) is 12.5 Å². The Bertz CT molecular complexity index is 468. The third-order valence-electron chi connectivity index (χ3n) is 2.04. The van der Waals surface area contributed by atoms with E-state index in [1.54, 1.807) is 0 Å². The van der Waals surface area contributed by atoms with Gasteiger partial charge in [0.2, 0.25) is 5.91 Å². The number of rotatable bonds is 3. The van der Waals surface area contributed by atoms with Gasteiger partial charge in [0.15, 0.2) is 0 Å². The van der Waals surface area contributed by atoms with Crippen LogP contribution in [-0.2, 0) is 11.5 Å². The lowest BCUT2D eigenvalue weighted by molar-refractivity contribution is -0.118. The molecule has 18 heavy (non-hydrogen) atoms. The molecule has 1 rings (SSSR count). The van der Waals surface area contributed by atoms with Crippen LogP contribution in [0, 0.1) is 5.82 Å². The molecule has 1 aromatic rings. The van der Waals surface area contributed by atoms with Crippen molar-refractivity contribution in [1.29, 1.82) is 0 Å². The topological polar surface area (TPSA) is 67.5 Å².